The molecule has 0 unspecified atom stereocenters. The van der Waals surface area contributed by atoms with E-state index in [1.807, 2.05) is 66.7 Å². The first-order valence-corrected chi connectivity index (χ1v) is 12.3. The summed E-state index contributed by atoms with van der Waals surface area (Å²) in [5, 5.41) is 13.1. The Morgan fingerprint density at radius 3 is 2.08 bits per heavy atom. The molecule has 0 spiro atoms. The third-order valence-electron chi connectivity index (χ3n) is 6.55. The highest BCUT2D eigenvalue weighted by atomic mass is 14.9. The zero-order valence-corrected chi connectivity index (χ0v) is 20.2. The van der Waals surface area contributed by atoms with Crippen molar-refractivity contribution in [3.63, 3.8) is 0 Å². The number of aromatic nitrogens is 1. The van der Waals surface area contributed by atoms with E-state index in [9.17, 15) is 5.41 Å². The summed E-state index contributed by atoms with van der Waals surface area (Å²) in [6.07, 6.45) is 3.93. The van der Waals surface area contributed by atoms with Crippen molar-refractivity contribution in [1.29, 1.82) is 5.41 Å². The van der Waals surface area contributed by atoms with Crippen LogP contribution in [0.25, 0.3) is 34.2 Å². The molecule has 0 fully saturated rings. The highest BCUT2D eigenvalue weighted by Crippen LogP contribution is 2.36. The monoisotopic (exact) mass is 475 g/mol. The van der Waals surface area contributed by atoms with Gasteiger partial charge in [0, 0.05) is 22.9 Å². The van der Waals surface area contributed by atoms with Crippen LogP contribution in [0.2, 0.25) is 0 Å². The molecule has 0 radical (unpaired) electrons. The lowest BCUT2D eigenvalue weighted by atomic mass is 9.87. The predicted molar refractivity (Wildman–Crippen MR) is 154 cm³/mol. The predicted octanol–water partition coefficient (Wildman–Crippen LogP) is 7.79. The summed E-state index contributed by atoms with van der Waals surface area (Å²) in [4.78, 5) is 4.59. The molecule has 3 nitrogen and oxygen atoms in total. The van der Waals surface area contributed by atoms with E-state index in [1.54, 1.807) is 6.20 Å². The number of nitrogens with zero attached hydrogens (tertiary/aromatic N) is 1. The minimum atomic E-state index is 0.463. The summed E-state index contributed by atoms with van der Waals surface area (Å²) in [6, 6.07) is 43.0. The molecule has 37 heavy (non-hydrogen) atoms. The second kappa shape index (κ2) is 9.92. The van der Waals surface area contributed by atoms with Crippen LogP contribution in [0.3, 0.4) is 0 Å². The van der Waals surface area contributed by atoms with Crippen LogP contribution in [0.5, 0.6) is 0 Å². The van der Waals surface area contributed by atoms with Crippen LogP contribution in [0, 0.1) is 5.41 Å². The number of benzene rings is 4. The number of hydrogen-bond donors (Lipinski definition) is 2. The number of hydrogen-bond acceptors (Lipinski definition) is 3. The van der Waals surface area contributed by atoms with E-state index in [4.69, 9.17) is 0 Å². The molecular weight excluding hydrogens is 450 g/mol. The molecule has 0 saturated carbocycles. The van der Waals surface area contributed by atoms with Crippen LogP contribution < -0.4 is 5.32 Å². The molecule has 4 aromatic carbocycles. The zero-order chi connectivity index (χ0) is 25.0. The fourth-order valence-corrected chi connectivity index (χ4v) is 4.75. The second-order valence-electron chi connectivity index (χ2n) is 8.92. The summed E-state index contributed by atoms with van der Waals surface area (Å²) in [5.41, 5.74) is 10.2. The minimum absolute atomic E-state index is 0.463. The molecule has 2 N–H and O–H groups in total. The molecular formula is C34H25N3. The Labute approximate surface area is 217 Å². The van der Waals surface area contributed by atoms with E-state index in [0.29, 0.717) is 5.71 Å². The zero-order valence-electron chi connectivity index (χ0n) is 20.2. The number of pyridine rings is 1. The Hall–Kier alpha value is -5.02. The van der Waals surface area contributed by atoms with Gasteiger partial charge in [-0.2, -0.15) is 0 Å². The van der Waals surface area contributed by atoms with Gasteiger partial charge in [0.05, 0.1) is 22.8 Å². The van der Waals surface area contributed by atoms with E-state index in [2.05, 4.69) is 77.0 Å². The number of nitrogens with one attached hydrogen (secondary N) is 2. The average Bonchev–Trinajstić information content (AvgIpc) is 2.98. The minimum Gasteiger partial charge on any atom is -0.353 e. The molecule has 1 aromatic heterocycles. The van der Waals surface area contributed by atoms with Crippen LogP contribution in [-0.4, -0.2) is 10.7 Å². The Kier molecular flexibility index (Phi) is 6.02. The maximum Gasteiger partial charge on any atom is 0.0864 e. The molecule has 3 heteroatoms. The normalized spacial score (nSPS) is 13.7. The van der Waals surface area contributed by atoms with Crippen molar-refractivity contribution in [3.8, 4) is 11.1 Å². The van der Waals surface area contributed by atoms with Gasteiger partial charge >= 0.3 is 0 Å². The van der Waals surface area contributed by atoms with Gasteiger partial charge in [0.25, 0.3) is 0 Å². The van der Waals surface area contributed by atoms with Crippen LogP contribution in [-0.2, 0) is 0 Å². The molecule has 0 bridgehead atoms. The number of allylic oxidation sites excluding steroid dienone is 1. The fourth-order valence-electron chi connectivity index (χ4n) is 4.75. The van der Waals surface area contributed by atoms with Crippen molar-refractivity contribution in [2.24, 2.45) is 0 Å². The molecule has 5 aromatic rings. The smallest absolute Gasteiger partial charge is 0.0864 e. The Morgan fingerprint density at radius 2 is 1.30 bits per heavy atom. The van der Waals surface area contributed by atoms with Crippen molar-refractivity contribution >= 4 is 28.8 Å². The molecule has 1 aliphatic heterocycles. The first kappa shape index (κ1) is 22.4. The summed E-state index contributed by atoms with van der Waals surface area (Å²) < 4.78 is 0. The molecule has 1 aliphatic rings. The first-order valence-electron chi connectivity index (χ1n) is 12.3. The molecule has 2 heterocycles. The van der Waals surface area contributed by atoms with E-state index in [-0.39, 0.29) is 0 Å². The molecule has 0 atom stereocenters. The lowest BCUT2D eigenvalue weighted by Gasteiger charge is -2.26. The Balaban J connectivity index is 1.60. The van der Waals surface area contributed by atoms with E-state index >= 15 is 0 Å². The van der Waals surface area contributed by atoms with Gasteiger partial charge in [-0.05, 0) is 46.5 Å². The van der Waals surface area contributed by atoms with E-state index in [0.717, 1.165) is 56.0 Å². The second-order valence-corrected chi connectivity index (χ2v) is 8.92. The van der Waals surface area contributed by atoms with Gasteiger partial charge in [0.1, 0.15) is 0 Å². The topological polar surface area (TPSA) is 48.8 Å². The van der Waals surface area contributed by atoms with Crippen LogP contribution >= 0.6 is 0 Å². The van der Waals surface area contributed by atoms with E-state index in [1.165, 1.54) is 0 Å². The van der Waals surface area contributed by atoms with Gasteiger partial charge in [0.15, 0.2) is 0 Å². The molecule has 0 amide bonds. The average molecular weight is 476 g/mol. The third-order valence-corrected chi connectivity index (χ3v) is 6.55. The van der Waals surface area contributed by atoms with Gasteiger partial charge in [0.2, 0.25) is 0 Å². The molecule has 6 rings (SSSR count). The number of fused-ring (bicyclic) bond motifs is 1. The van der Waals surface area contributed by atoms with Gasteiger partial charge in [-0.25, -0.2) is 0 Å². The van der Waals surface area contributed by atoms with Gasteiger partial charge in [-0.3, -0.25) is 10.4 Å². The van der Waals surface area contributed by atoms with Crippen LogP contribution in [0.15, 0.2) is 134 Å². The van der Waals surface area contributed by atoms with Gasteiger partial charge in [-0.15, -0.1) is 0 Å². The summed E-state index contributed by atoms with van der Waals surface area (Å²) in [7, 11) is 0. The first-order chi connectivity index (χ1) is 18.3. The molecule has 176 valence electrons. The largest absolute Gasteiger partial charge is 0.353 e. The van der Waals surface area contributed by atoms with Crippen LogP contribution in [0.1, 0.15) is 27.9 Å². The van der Waals surface area contributed by atoms with Crippen molar-refractivity contribution in [1.82, 2.24) is 10.3 Å². The molecule has 0 aliphatic carbocycles. The van der Waals surface area contributed by atoms with Crippen molar-refractivity contribution < 1.29 is 0 Å². The lowest BCUT2D eigenvalue weighted by molar-refractivity contribution is 1.16. The standard InChI is InChI=1S/C34H25N3/c35-33(25-14-5-2-6-15-25)32(28-18-11-17-26(22-28)24-12-3-1-4-13-24)34-29-19-8-7-16-27(29)23-31(37-34)30-20-9-10-21-36-30/h1-23,35,37H/b34-32-,35-33?. The maximum atomic E-state index is 9.41. The Morgan fingerprint density at radius 1 is 0.622 bits per heavy atom. The van der Waals surface area contributed by atoms with E-state index < -0.39 is 0 Å². The van der Waals surface area contributed by atoms with Gasteiger partial charge < -0.3 is 5.32 Å². The molecule has 0 saturated heterocycles. The van der Waals surface area contributed by atoms with Crippen molar-refractivity contribution in [2.75, 3.05) is 0 Å². The summed E-state index contributed by atoms with van der Waals surface area (Å²) >= 11 is 0. The van der Waals surface area contributed by atoms with Crippen molar-refractivity contribution in [2.45, 2.75) is 0 Å². The summed E-state index contributed by atoms with van der Waals surface area (Å²) in [5.74, 6) is 0. The third kappa shape index (κ3) is 4.51. The number of rotatable bonds is 5. The summed E-state index contributed by atoms with van der Waals surface area (Å²) in [6.45, 7) is 0. The fraction of sp³-hybridized carbons (Fsp3) is 0. The highest BCUT2D eigenvalue weighted by molar-refractivity contribution is 6.36. The lowest BCUT2D eigenvalue weighted by Crippen LogP contribution is -2.20. The maximum absolute atomic E-state index is 9.41. The quantitative estimate of drug-likeness (QED) is 0.255. The SMILES string of the molecule is N=C(/C(=C1\NC(c2ccccn2)=Cc2ccccc21)c1cccc(-c2ccccc2)c1)c1ccccc1. The van der Waals surface area contributed by atoms with Crippen LogP contribution in [0.4, 0.5) is 0 Å². The van der Waals surface area contributed by atoms with Crippen molar-refractivity contribution in [3.05, 3.63) is 162 Å². The van der Waals surface area contributed by atoms with Gasteiger partial charge in [-0.1, -0.05) is 109 Å². The Bertz CT molecular complexity index is 1630. The highest BCUT2D eigenvalue weighted by Gasteiger charge is 2.24.